The van der Waals surface area contributed by atoms with Crippen molar-refractivity contribution in [1.82, 2.24) is 0 Å². The first-order valence-electron chi connectivity index (χ1n) is 17.8. The number of unbranched alkanes of at least 4 members (excludes halogenated alkanes) is 17. The lowest BCUT2D eigenvalue weighted by Crippen LogP contribution is -2.28. The Morgan fingerprint density at radius 2 is 1.20 bits per heavy atom. The van der Waals surface area contributed by atoms with Gasteiger partial charge in [0.15, 0.2) is 0 Å². The highest BCUT2D eigenvalue weighted by molar-refractivity contribution is 7.47. The fourth-order valence-electron chi connectivity index (χ4n) is 4.73. The van der Waals surface area contributed by atoms with Crippen molar-refractivity contribution in [3.63, 3.8) is 0 Å². The molecule has 0 aliphatic carbocycles. The van der Waals surface area contributed by atoms with Crippen LogP contribution in [0.5, 0.6) is 0 Å². The van der Waals surface area contributed by atoms with Crippen molar-refractivity contribution in [1.29, 1.82) is 0 Å². The van der Waals surface area contributed by atoms with E-state index in [9.17, 15) is 14.3 Å². The van der Waals surface area contributed by atoms with E-state index in [2.05, 4.69) is 38.2 Å². The van der Waals surface area contributed by atoms with Gasteiger partial charge in [-0.3, -0.25) is 13.8 Å². The summed E-state index contributed by atoms with van der Waals surface area (Å²) in [5, 5.41) is 0. The average molecular weight is 646 g/mol. The van der Waals surface area contributed by atoms with Gasteiger partial charge in [-0.25, -0.2) is 4.57 Å². The molecular formula is C35H68NO7P. The lowest BCUT2D eigenvalue weighted by molar-refractivity contribution is -0.154. The molecule has 0 aliphatic heterocycles. The maximum absolute atomic E-state index is 12.3. The van der Waals surface area contributed by atoms with Gasteiger partial charge in [0, 0.05) is 19.6 Å². The zero-order chi connectivity index (χ0) is 32.4. The van der Waals surface area contributed by atoms with Crippen LogP contribution in [0.4, 0.5) is 0 Å². The van der Waals surface area contributed by atoms with Gasteiger partial charge >= 0.3 is 13.8 Å². The number of rotatable bonds is 34. The number of carbonyl (C=O) groups excluding carboxylic acids is 1. The molecule has 0 spiro atoms. The molecular weight excluding hydrogens is 577 g/mol. The molecule has 44 heavy (non-hydrogen) atoms. The largest absolute Gasteiger partial charge is 0.472 e. The molecule has 0 amide bonds. The molecule has 8 nitrogen and oxygen atoms in total. The van der Waals surface area contributed by atoms with E-state index in [0.29, 0.717) is 13.0 Å². The molecule has 0 radical (unpaired) electrons. The third-order valence-electron chi connectivity index (χ3n) is 7.37. The normalized spacial score (nSPS) is 14.0. The SMILES string of the molecule is CCCCCC/C=C\C/C=C\CCCCCCCCCCOCC(COP(=O)(O)OCCN)OC(=O)CCCCCCCC. The van der Waals surface area contributed by atoms with Gasteiger partial charge in [-0.1, -0.05) is 128 Å². The number of ether oxygens (including phenoxy) is 2. The van der Waals surface area contributed by atoms with Gasteiger partial charge < -0.3 is 20.1 Å². The van der Waals surface area contributed by atoms with E-state index in [0.717, 1.165) is 38.5 Å². The van der Waals surface area contributed by atoms with E-state index < -0.39 is 13.9 Å². The Morgan fingerprint density at radius 3 is 1.80 bits per heavy atom. The minimum absolute atomic E-state index is 0.0957. The van der Waals surface area contributed by atoms with E-state index in [-0.39, 0.29) is 32.3 Å². The molecule has 2 atom stereocenters. The minimum atomic E-state index is -4.26. The molecule has 0 bridgehead atoms. The molecule has 2 unspecified atom stereocenters. The second kappa shape index (κ2) is 33.3. The van der Waals surface area contributed by atoms with Crippen molar-refractivity contribution in [3.8, 4) is 0 Å². The van der Waals surface area contributed by atoms with Crippen LogP contribution in [0.2, 0.25) is 0 Å². The third-order valence-corrected chi connectivity index (χ3v) is 8.36. The molecule has 260 valence electrons. The van der Waals surface area contributed by atoms with Crippen LogP contribution in [-0.4, -0.2) is 49.9 Å². The quantitative estimate of drug-likeness (QED) is 0.0307. The van der Waals surface area contributed by atoms with Gasteiger partial charge in [0.1, 0.15) is 6.10 Å². The fourth-order valence-corrected chi connectivity index (χ4v) is 5.50. The van der Waals surface area contributed by atoms with Gasteiger partial charge in [0.2, 0.25) is 0 Å². The molecule has 0 fully saturated rings. The molecule has 0 aromatic rings. The maximum Gasteiger partial charge on any atom is 0.472 e. The lowest BCUT2D eigenvalue weighted by atomic mass is 10.1. The van der Waals surface area contributed by atoms with Crippen LogP contribution in [0.25, 0.3) is 0 Å². The highest BCUT2D eigenvalue weighted by atomic mass is 31.2. The summed E-state index contributed by atoms with van der Waals surface area (Å²) in [6.07, 6.45) is 33.6. The summed E-state index contributed by atoms with van der Waals surface area (Å²) in [5.41, 5.74) is 5.33. The van der Waals surface area contributed by atoms with Gasteiger partial charge in [0.05, 0.1) is 19.8 Å². The Morgan fingerprint density at radius 1 is 0.682 bits per heavy atom. The number of phosphoric ester groups is 1. The first-order valence-corrected chi connectivity index (χ1v) is 19.3. The van der Waals surface area contributed by atoms with Crippen LogP contribution in [0.15, 0.2) is 24.3 Å². The summed E-state index contributed by atoms with van der Waals surface area (Å²) in [4.78, 5) is 22.1. The smallest absolute Gasteiger partial charge is 0.457 e. The maximum atomic E-state index is 12.3. The van der Waals surface area contributed by atoms with Crippen LogP contribution in [0.1, 0.15) is 155 Å². The Labute approximate surface area is 270 Å². The summed E-state index contributed by atoms with van der Waals surface area (Å²) in [7, 11) is -4.26. The van der Waals surface area contributed by atoms with Crippen LogP contribution in [-0.2, 0) is 27.9 Å². The average Bonchev–Trinajstić information content (AvgIpc) is 3.01. The van der Waals surface area contributed by atoms with Crippen molar-refractivity contribution < 1.29 is 32.8 Å². The second-order valence-electron chi connectivity index (χ2n) is 11.7. The molecule has 9 heteroatoms. The Hall–Kier alpha value is -1.02. The Kier molecular flexibility index (Phi) is 32.6. The molecule has 0 aromatic heterocycles. The van der Waals surface area contributed by atoms with Crippen molar-refractivity contribution in [2.45, 2.75) is 161 Å². The number of esters is 1. The summed E-state index contributed by atoms with van der Waals surface area (Å²) >= 11 is 0. The van der Waals surface area contributed by atoms with Gasteiger partial charge in [-0.05, 0) is 44.9 Å². The van der Waals surface area contributed by atoms with Crippen LogP contribution >= 0.6 is 7.82 Å². The highest BCUT2D eigenvalue weighted by Gasteiger charge is 2.25. The Balaban J connectivity index is 3.96. The van der Waals surface area contributed by atoms with Crippen molar-refractivity contribution in [2.24, 2.45) is 5.73 Å². The zero-order valence-electron chi connectivity index (χ0n) is 28.4. The summed E-state index contributed by atoms with van der Waals surface area (Å²) in [5.74, 6) is -0.343. The molecule has 0 rings (SSSR count). The van der Waals surface area contributed by atoms with E-state index in [1.54, 1.807) is 0 Å². The second-order valence-corrected chi connectivity index (χ2v) is 13.2. The first kappa shape index (κ1) is 43.0. The number of carbonyl (C=O) groups is 1. The van der Waals surface area contributed by atoms with Crippen molar-refractivity contribution >= 4 is 13.8 Å². The van der Waals surface area contributed by atoms with Gasteiger partial charge in [-0.15, -0.1) is 0 Å². The molecule has 0 saturated heterocycles. The standard InChI is InChI=1S/C35H68NO7P/c1-3-5-7-9-11-12-13-14-15-16-17-18-19-20-21-22-23-25-27-30-40-32-34(33-42-44(38,39)41-31-29-36)43-35(37)28-26-24-10-8-6-4-2/h12-13,15-16,34H,3-11,14,17-33,36H2,1-2H3,(H,38,39)/b13-12-,16-15-. The third kappa shape index (κ3) is 32.4. The molecule has 0 heterocycles. The summed E-state index contributed by atoms with van der Waals surface area (Å²) in [6.45, 7) is 4.82. The van der Waals surface area contributed by atoms with Crippen molar-refractivity contribution in [3.05, 3.63) is 24.3 Å². The monoisotopic (exact) mass is 645 g/mol. The minimum Gasteiger partial charge on any atom is -0.457 e. The molecule has 0 saturated carbocycles. The Bertz CT molecular complexity index is 732. The van der Waals surface area contributed by atoms with E-state index in [1.165, 1.54) is 96.3 Å². The fraction of sp³-hybridized carbons (Fsp3) is 0.857. The van der Waals surface area contributed by atoms with Crippen LogP contribution < -0.4 is 5.73 Å². The predicted octanol–water partition coefficient (Wildman–Crippen LogP) is 9.74. The molecule has 0 aliphatic rings. The lowest BCUT2D eigenvalue weighted by Gasteiger charge is -2.20. The van der Waals surface area contributed by atoms with E-state index in [4.69, 9.17) is 24.3 Å². The summed E-state index contributed by atoms with van der Waals surface area (Å²) in [6, 6.07) is 0. The van der Waals surface area contributed by atoms with Crippen LogP contribution in [0, 0.1) is 0 Å². The van der Waals surface area contributed by atoms with Crippen molar-refractivity contribution in [2.75, 3.05) is 33.0 Å². The zero-order valence-corrected chi connectivity index (χ0v) is 29.3. The van der Waals surface area contributed by atoms with E-state index in [1.807, 2.05) is 0 Å². The topological polar surface area (TPSA) is 117 Å². The molecule has 0 aromatic carbocycles. The predicted molar refractivity (Wildman–Crippen MR) is 183 cm³/mol. The van der Waals surface area contributed by atoms with E-state index >= 15 is 0 Å². The summed E-state index contributed by atoms with van der Waals surface area (Å²) < 4.78 is 33.1. The first-order chi connectivity index (χ1) is 21.4. The highest BCUT2D eigenvalue weighted by Crippen LogP contribution is 2.43. The number of hydrogen-bond acceptors (Lipinski definition) is 7. The number of hydrogen-bond donors (Lipinski definition) is 2. The number of allylic oxidation sites excluding steroid dienone is 4. The van der Waals surface area contributed by atoms with Crippen LogP contribution in [0.3, 0.4) is 0 Å². The van der Waals surface area contributed by atoms with Gasteiger partial charge in [-0.2, -0.15) is 0 Å². The number of phosphoric acid groups is 1. The molecule has 3 N–H and O–H groups in total. The van der Waals surface area contributed by atoms with Gasteiger partial charge in [0.25, 0.3) is 0 Å². The number of nitrogens with two attached hydrogens (primary N) is 1.